The Kier molecular flexibility index (Phi) is 4.22. The van der Waals surface area contributed by atoms with E-state index in [0.717, 1.165) is 25.2 Å². The number of pyridine rings is 1. The van der Waals surface area contributed by atoms with Gasteiger partial charge < -0.3 is 15.2 Å². The summed E-state index contributed by atoms with van der Waals surface area (Å²) in [6, 6.07) is 4.01. The summed E-state index contributed by atoms with van der Waals surface area (Å²) in [4.78, 5) is 34.6. The van der Waals surface area contributed by atoms with Gasteiger partial charge in [-0.2, -0.15) is 0 Å². The molecule has 0 unspecified atom stereocenters. The van der Waals surface area contributed by atoms with Crippen LogP contribution >= 0.6 is 0 Å². The molecule has 2 aliphatic rings. The molecular formula is C19H23N5O2. The molecule has 26 heavy (non-hydrogen) atoms. The second-order valence-corrected chi connectivity index (χ2v) is 7.28. The smallest absolute Gasteiger partial charge is 0.238 e. The Morgan fingerprint density at radius 2 is 1.85 bits per heavy atom. The number of hydrogen-bond donors (Lipinski definition) is 1. The lowest BCUT2D eigenvalue weighted by molar-refractivity contribution is -0.143. The van der Waals surface area contributed by atoms with E-state index in [1.807, 2.05) is 29.4 Å². The Hall–Kier alpha value is -2.70. The van der Waals surface area contributed by atoms with Crippen LogP contribution in [0, 0.1) is 5.41 Å². The molecule has 1 aliphatic heterocycles. The lowest BCUT2D eigenvalue weighted by Crippen LogP contribution is -2.46. The molecule has 1 saturated carbocycles. The highest BCUT2D eigenvalue weighted by molar-refractivity contribution is 6.07. The molecule has 1 saturated heterocycles. The van der Waals surface area contributed by atoms with Crippen LogP contribution in [0.25, 0.3) is 0 Å². The second-order valence-electron chi connectivity index (χ2n) is 7.28. The molecule has 2 N–H and O–H groups in total. The first-order valence-corrected chi connectivity index (χ1v) is 9.09. The molecule has 2 amide bonds. The molecule has 0 radical (unpaired) electrons. The molecule has 0 atom stereocenters. The molecule has 0 bridgehead atoms. The van der Waals surface area contributed by atoms with E-state index in [0.29, 0.717) is 31.8 Å². The third-order valence-electron chi connectivity index (χ3n) is 5.63. The van der Waals surface area contributed by atoms with Gasteiger partial charge in [-0.3, -0.25) is 14.6 Å². The highest BCUT2D eigenvalue weighted by Gasteiger charge is 2.57. The summed E-state index contributed by atoms with van der Waals surface area (Å²) >= 11 is 0. The van der Waals surface area contributed by atoms with Crippen LogP contribution < -0.4 is 5.73 Å². The van der Waals surface area contributed by atoms with Gasteiger partial charge >= 0.3 is 0 Å². The maximum absolute atomic E-state index is 12.6. The fourth-order valence-electron chi connectivity index (χ4n) is 3.83. The van der Waals surface area contributed by atoms with E-state index < -0.39 is 11.3 Å². The molecular weight excluding hydrogens is 330 g/mol. The van der Waals surface area contributed by atoms with Gasteiger partial charge in [0.1, 0.15) is 11.2 Å². The molecule has 2 fully saturated rings. The van der Waals surface area contributed by atoms with E-state index in [9.17, 15) is 9.59 Å². The highest BCUT2D eigenvalue weighted by Crippen LogP contribution is 2.47. The molecule has 3 heterocycles. The van der Waals surface area contributed by atoms with E-state index in [1.54, 1.807) is 12.4 Å². The van der Waals surface area contributed by atoms with Crippen LogP contribution in [-0.4, -0.2) is 44.3 Å². The minimum Gasteiger partial charge on any atom is -0.369 e. The van der Waals surface area contributed by atoms with Crippen molar-refractivity contribution in [3.8, 4) is 0 Å². The van der Waals surface area contributed by atoms with Crippen molar-refractivity contribution >= 4 is 11.8 Å². The number of piperidine rings is 1. The third kappa shape index (κ3) is 2.98. The number of nitrogens with zero attached hydrogens (tertiary/aromatic N) is 4. The highest BCUT2D eigenvalue weighted by atomic mass is 16.2. The van der Waals surface area contributed by atoms with Crippen LogP contribution in [-0.2, 0) is 16.1 Å². The summed E-state index contributed by atoms with van der Waals surface area (Å²) < 4.78 is 2.17. The van der Waals surface area contributed by atoms with Crippen molar-refractivity contribution < 1.29 is 9.59 Å². The molecule has 136 valence electrons. The van der Waals surface area contributed by atoms with Crippen molar-refractivity contribution in [1.82, 2.24) is 19.4 Å². The largest absolute Gasteiger partial charge is 0.369 e. The molecule has 0 aromatic carbocycles. The number of amides is 2. The van der Waals surface area contributed by atoms with Crippen molar-refractivity contribution in [2.24, 2.45) is 11.1 Å². The van der Waals surface area contributed by atoms with Crippen LogP contribution in [0.5, 0.6) is 0 Å². The molecule has 7 heteroatoms. The molecule has 2 aromatic rings. The van der Waals surface area contributed by atoms with E-state index in [-0.39, 0.29) is 5.91 Å². The van der Waals surface area contributed by atoms with Crippen LogP contribution in [0.1, 0.15) is 43.0 Å². The molecule has 7 nitrogen and oxygen atoms in total. The van der Waals surface area contributed by atoms with Gasteiger partial charge in [-0.15, -0.1) is 0 Å². The number of carbonyl (C=O) groups excluding carboxylic acids is 2. The van der Waals surface area contributed by atoms with Crippen LogP contribution in [0.2, 0.25) is 0 Å². The predicted octanol–water partition coefficient (Wildman–Crippen LogP) is 1.30. The monoisotopic (exact) mass is 353 g/mol. The van der Waals surface area contributed by atoms with Crippen molar-refractivity contribution in [2.45, 2.75) is 38.1 Å². The van der Waals surface area contributed by atoms with Crippen molar-refractivity contribution in [2.75, 3.05) is 13.1 Å². The Morgan fingerprint density at radius 3 is 2.46 bits per heavy atom. The van der Waals surface area contributed by atoms with Gasteiger partial charge in [0.2, 0.25) is 11.8 Å². The Bertz CT molecular complexity index is 804. The number of nitrogens with two attached hydrogens (primary N) is 1. The first kappa shape index (κ1) is 16.8. The zero-order valence-electron chi connectivity index (χ0n) is 14.7. The minimum atomic E-state index is -0.910. The standard InChI is InChI=1S/C19H23N5O2/c20-17(25)19(5-6-19)18(26)23-10-3-15(4-11-23)16-22-9-12-24(16)13-14-1-7-21-8-2-14/h1-2,7-9,12,15H,3-6,10-11,13H2,(H2,20,25). The first-order chi connectivity index (χ1) is 12.6. The Balaban J connectivity index is 1.41. The number of carbonyl (C=O) groups is 2. The van der Waals surface area contributed by atoms with Crippen LogP contribution in [0.3, 0.4) is 0 Å². The molecule has 4 rings (SSSR count). The van der Waals surface area contributed by atoms with Gasteiger partial charge in [0.05, 0.1) is 0 Å². The third-order valence-corrected chi connectivity index (χ3v) is 5.63. The molecule has 0 spiro atoms. The predicted molar refractivity (Wildman–Crippen MR) is 95.0 cm³/mol. The summed E-state index contributed by atoms with van der Waals surface area (Å²) in [7, 11) is 0. The van der Waals surface area contributed by atoms with Gasteiger partial charge in [0.15, 0.2) is 0 Å². The van der Waals surface area contributed by atoms with Gasteiger partial charge in [0.25, 0.3) is 0 Å². The number of imidazole rings is 1. The Morgan fingerprint density at radius 1 is 1.15 bits per heavy atom. The average molecular weight is 353 g/mol. The van der Waals surface area contributed by atoms with Crippen LogP contribution in [0.4, 0.5) is 0 Å². The summed E-state index contributed by atoms with van der Waals surface area (Å²) in [5.41, 5.74) is 5.71. The quantitative estimate of drug-likeness (QED) is 0.820. The zero-order chi connectivity index (χ0) is 18.1. The maximum atomic E-state index is 12.6. The zero-order valence-corrected chi connectivity index (χ0v) is 14.7. The number of rotatable bonds is 5. The van der Waals surface area contributed by atoms with Crippen molar-refractivity contribution in [3.05, 3.63) is 48.3 Å². The fourth-order valence-corrected chi connectivity index (χ4v) is 3.83. The number of hydrogen-bond acceptors (Lipinski definition) is 4. The normalized spacial score (nSPS) is 19.3. The van der Waals surface area contributed by atoms with Gasteiger partial charge in [-0.25, -0.2) is 4.98 Å². The van der Waals surface area contributed by atoms with E-state index >= 15 is 0 Å². The number of aromatic nitrogens is 3. The Labute approximate surface area is 152 Å². The molecule has 1 aliphatic carbocycles. The molecule has 2 aromatic heterocycles. The second kappa shape index (κ2) is 6.55. The van der Waals surface area contributed by atoms with E-state index in [4.69, 9.17) is 5.73 Å². The fraction of sp³-hybridized carbons (Fsp3) is 0.474. The number of primary amides is 1. The van der Waals surface area contributed by atoms with Crippen molar-refractivity contribution in [1.29, 1.82) is 0 Å². The summed E-state index contributed by atoms with van der Waals surface area (Å²) in [6.07, 6.45) is 10.3. The topological polar surface area (TPSA) is 94.1 Å². The lowest BCUT2D eigenvalue weighted by atomic mass is 9.94. The first-order valence-electron chi connectivity index (χ1n) is 9.09. The minimum absolute atomic E-state index is 0.0800. The maximum Gasteiger partial charge on any atom is 0.238 e. The number of likely N-dealkylation sites (tertiary alicyclic amines) is 1. The average Bonchev–Trinajstić information content (AvgIpc) is 3.36. The summed E-state index contributed by atoms with van der Waals surface area (Å²) in [5, 5.41) is 0. The van der Waals surface area contributed by atoms with Gasteiger partial charge in [0, 0.05) is 50.3 Å². The van der Waals surface area contributed by atoms with E-state index in [1.165, 1.54) is 5.56 Å². The van der Waals surface area contributed by atoms with Crippen LogP contribution in [0.15, 0.2) is 36.9 Å². The SMILES string of the molecule is NC(=O)C1(C(=O)N2CCC(c3nccn3Cc3ccncc3)CC2)CC1. The van der Waals surface area contributed by atoms with E-state index in [2.05, 4.69) is 14.5 Å². The summed E-state index contributed by atoms with van der Waals surface area (Å²) in [5.74, 6) is 0.825. The summed E-state index contributed by atoms with van der Waals surface area (Å²) in [6.45, 7) is 2.07. The van der Waals surface area contributed by atoms with Crippen molar-refractivity contribution in [3.63, 3.8) is 0 Å². The van der Waals surface area contributed by atoms with Gasteiger partial charge in [-0.05, 0) is 43.4 Å². The van der Waals surface area contributed by atoms with Gasteiger partial charge in [-0.1, -0.05) is 0 Å². The lowest BCUT2D eigenvalue weighted by Gasteiger charge is -2.33.